The highest BCUT2D eigenvalue weighted by atomic mass is 14.9. The lowest BCUT2D eigenvalue weighted by Crippen LogP contribution is -2.25. The molecule has 0 aliphatic heterocycles. The van der Waals surface area contributed by atoms with Crippen molar-refractivity contribution in [3.8, 4) is 0 Å². The van der Waals surface area contributed by atoms with Crippen molar-refractivity contribution in [2.24, 2.45) is 7.05 Å². The van der Waals surface area contributed by atoms with Crippen LogP contribution >= 0.6 is 0 Å². The quantitative estimate of drug-likeness (QED) is 0.599. The van der Waals surface area contributed by atoms with Crippen molar-refractivity contribution >= 4 is 17.8 Å². The topological polar surface area (TPSA) is 29.9 Å². The highest BCUT2D eigenvalue weighted by Gasteiger charge is 1.91. The summed E-state index contributed by atoms with van der Waals surface area (Å²) in [6.45, 7) is 0. The average Bonchev–Trinajstić information content (AvgIpc) is 2.30. The van der Waals surface area contributed by atoms with Crippen molar-refractivity contribution < 1.29 is 4.57 Å². The van der Waals surface area contributed by atoms with Gasteiger partial charge >= 0.3 is 0 Å². The predicted octanol–water partition coefficient (Wildman–Crippen LogP) is 2.26. The van der Waals surface area contributed by atoms with Crippen LogP contribution in [-0.4, -0.2) is 0 Å². The molecule has 0 aliphatic carbocycles. The highest BCUT2D eigenvalue weighted by molar-refractivity contribution is 5.69. The van der Waals surface area contributed by atoms with Gasteiger partial charge in [-0.2, -0.15) is 0 Å². The lowest BCUT2D eigenvalue weighted by molar-refractivity contribution is -0.671. The Hall–Kier alpha value is -2.09. The summed E-state index contributed by atoms with van der Waals surface area (Å²) in [5.74, 6) is 0. The van der Waals surface area contributed by atoms with Gasteiger partial charge in [-0.25, -0.2) is 4.57 Å². The zero-order valence-electron chi connectivity index (χ0n) is 9.30. The maximum absolute atomic E-state index is 5.62. The summed E-state index contributed by atoms with van der Waals surface area (Å²) in [5.41, 5.74) is 8.76. The van der Waals surface area contributed by atoms with Gasteiger partial charge in [0.05, 0.1) is 0 Å². The van der Waals surface area contributed by atoms with Gasteiger partial charge in [0.15, 0.2) is 12.4 Å². The molecule has 0 bridgehead atoms. The molecular weight excluding hydrogens is 196 g/mol. The zero-order chi connectivity index (χ0) is 11.4. The molecule has 2 aromatic rings. The summed E-state index contributed by atoms with van der Waals surface area (Å²) < 4.78 is 2.01. The Labute approximate surface area is 95.7 Å². The lowest BCUT2D eigenvalue weighted by Gasteiger charge is -1.95. The number of hydrogen-bond acceptors (Lipinski definition) is 1. The molecule has 2 nitrogen and oxygen atoms in total. The molecule has 16 heavy (non-hydrogen) atoms. The molecule has 2 heteroatoms. The van der Waals surface area contributed by atoms with E-state index >= 15 is 0 Å². The van der Waals surface area contributed by atoms with Gasteiger partial charge in [0, 0.05) is 17.8 Å². The lowest BCUT2D eigenvalue weighted by atomic mass is 10.1. The number of nitrogen functional groups attached to an aromatic ring is 1. The van der Waals surface area contributed by atoms with E-state index in [1.807, 2.05) is 48.3 Å². The minimum absolute atomic E-state index is 0.795. The fourth-order valence-electron chi connectivity index (χ4n) is 1.42. The van der Waals surface area contributed by atoms with Gasteiger partial charge in [-0.1, -0.05) is 24.3 Å². The zero-order valence-corrected chi connectivity index (χ0v) is 9.30. The van der Waals surface area contributed by atoms with Crippen molar-refractivity contribution in [1.82, 2.24) is 0 Å². The van der Waals surface area contributed by atoms with E-state index < -0.39 is 0 Å². The second kappa shape index (κ2) is 4.62. The molecule has 2 rings (SSSR count). The molecule has 0 fully saturated rings. The van der Waals surface area contributed by atoms with Crippen LogP contribution in [0.4, 0.5) is 5.69 Å². The fraction of sp³-hybridized carbons (Fsp3) is 0.0714. The van der Waals surface area contributed by atoms with Crippen molar-refractivity contribution in [3.63, 3.8) is 0 Å². The first-order valence-corrected chi connectivity index (χ1v) is 5.23. The number of rotatable bonds is 2. The highest BCUT2D eigenvalue weighted by Crippen LogP contribution is 2.09. The normalized spacial score (nSPS) is 10.8. The maximum atomic E-state index is 5.62. The van der Waals surface area contributed by atoms with Gasteiger partial charge in [-0.15, -0.1) is 0 Å². The van der Waals surface area contributed by atoms with E-state index in [1.54, 1.807) is 0 Å². The Morgan fingerprint density at radius 1 is 0.875 bits per heavy atom. The molecule has 0 saturated heterocycles. The van der Waals surface area contributed by atoms with Gasteiger partial charge in [-0.3, -0.25) is 0 Å². The van der Waals surface area contributed by atoms with Gasteiger partial charge in [0.25, 0.3) is 0 Å². The van der Waals surface area contributed by atoms with Crippen molar-refractivity contribution in [1.29, 1.82) is 0 Å². The van der Waals surface area contributed by atoms with E-state index in [1.165, 1.54) is 5.56 Å². The summed E-state index contributed by atoms with van der Waals surface area (Å²) in [6, 6.07) is 12.0. The van der Waals surface area contributed by atoms with Crippen molar-refractivity contribution in [2.75, 3.05) is 5.73 Å². The number of aryl methyl sites for hydroxylation is 1. The number of hydrogen-bond donors (Lipinski definition) is 1. The molecule has 0 atom stereocenters. The van der Waals surface area contributed by atoms with Gasteiger partial charge in [-0.05, 0) is 23.3 Å². The van der Waals surface area contributed by atoms with Crippen molar-refractivity contribution in [3.05, 3.63) is 59.9 Å². The minimum atomic E-state index is 0.795. The third-order valence-electron chi connectivity index (χ3n) is 2.41. The van der Waals surface area contributed by atoms with Crippen LogP contribution in [-0.2, 0) is 7.05 Å². The van der Waals surface area contributed by atoms with E-state index in [2.05, 4.69) is 24.3 Å². The third kappa shape index (κ3) is 2.70. The molecule has 0 amide bonds. The largest absolute Gasteiger partial charge is 0.399 e. The van der Waals surface area contributed by atoms with Gasteiger partial charge < -0.3 is 5.73 Å². The molecule has 1 aromatic heterocycles. The van der Waals surface area contributed by atoms with E-state index in [9.17, 15) is 0 Å². The number of benzene rings is 1. The smallest absolute Gasteiger partial charge is 0.169 e. The monoisotopic (exact) mass is 211 g/mol. The maximum Gasteiger partial charge on any atom is 0.169 e. The molecule has 1 heterocycles. The first-order chi connectivity index (χ1) is 7.74. The molecule has 0 aliphatic rings. The van der Waals surface area contributed by atoms with Crippen LogP contribution in [0.3, 0.4) is 0 Å². The Kier molecular flexibility index (Phi) is 3.01. The molecule has 0 unspecified atom stereocenters. The summed E-state index contributed by atoms with van der Waals surface area (Å²) >= 11 is 0. The van der Waals surface area contributed by atoms with Crippen LogP contribution < -0.4 is 10.3 Å². The van der Waals surface area contributed by atoms with Gasteiger partial charge in [0.2, 0.25) is 0 Å². The van der Waals surface area contributed by atoms with Crippen LogP contribution in [0.25, 0.3) is 12.2 Å². The number of aromatic nitrogens is 1. The van der Waals surface area contributed by atoms with Crippen LogP contribution in [0.1, 0.15) is 11.1 Å². The summed E-state index contributed by atoms with van der Waals surface area (Å²) in [4.78, 5) is 0. The molecule has 1 aromatic carbocycles. The second-order valence-electron chi connectivity index (χ2n) is 3.80. The Morgan fingerprint density at radius 3 is 1.94 bits per heavy atom. The van der Waals surface area contributed by atoms with Crippen LogP contribution in [0.5, 0.6) is 0 Å². The van der Waals surface area contributed by atoms with E-state index in [0.29, 0.717) is 0 Å². The Bertz CT molecular complexity index is 434. The van der Waals surface area contributed by atoms with Gasteiger partial charge in [0.1, 0.15) is 7.05 Å². The fourth-order valence-corrected chi connectivity index (χ4v) is 1.42. The number of pyridine rings is 1. The second-order valence-corrected chi connectivity index (χ2v) is 3.80. The van der Waals surface area contributed by atoms with Crippen molar-refractivity contribution in [2.45, 2.75) is 0 Å². The van der Waals surface area contributed by atoms with E-state index in [0.717, 1.165) is 11.3 Å². The predicted molar refractivity (Wildman–Crippen MR) is 67.4 cm³/mol. The number of anilines is 1. The Morgan fingerprint density at radius 2 is 1.38 bits per heavy atom. The number of nitrogens with two attached hydrogens (primary N) is 1. The summed E-state index contributed by atoms with van der Waals surface area (Å²) in [7, 11) is 2.01. The van der Waals surface area contributed by atoms with Crippen LogP contribution in [0.15, 0.2) is 48.8 Å². The molecular formula is C14H15N2+. The standard InChI is InChI=1S/C14H14N2/c1-16-10-8-13(9-11-16)3-2-12-4-6-14(15)7-5-12/h2-11,15H,1H3/p+1. The van der Waals surface area contributed by atoms with E-state index in [-0.39, 0.29) is 0 Å². The molecule has 0 saturated carbocycles. The molecule has 2 N–H and O–H groups in total. The first kappa shape index (κ1) is 10.4. The molecule has 0 radical (unpaired) electrons. The van der Waals surface area contributed by atoms with Crippen LogP contribution in [0, 0.1) is 0 Å². The average molecular weight is 211 g/mol. The Balaban J connectivity index is 2.15. The SMILES string of the molecule is C[n+]1ccc(C=Cc2ccc(N)cc2)cc1. The molecule has 0 spiro atoms. The first-order valence-electron chi connectivity index (χ1n) is 5.23. The third-order valence-corrected chi connectivity index (χ3v) is 2.41. The van der Waals surface area contributed by atoms with E-state index in [4.69, 9.17) is 5.73 Å². The summed E-state index contributed by atoms with van der Waals surface area (Å²) in [5, 5.41) is 0. The summed E-state index contributed by atoms with van der Waals surface area (Å²) in [6.07, 6.45) is 8.23. The minimum Gasteiger partial charge on any atom is -0.399 e. The molecule has 80 valence electrons. The number of nitrogens with zero attached hydrogens (tertiary/aromatic N) is 1. The van der Waals surface area contributed by atoms with Crippen LogP contribution in [0.2, 0.25) is 0 Å².